The van der Waals surface area contributed by atoms with Crippen molar-refractivity contribution in [2.45, 2.75) is 58.5 Å². The maximum Gasteiger partial charge on any atom is 0.320 e. The average Bonchev–Trinajstić information content (AvgIpc) is 2.37. The van der Waals surface area contributed by atoms with Gasteiger partial charge in [-0.05, 0) is 36.9 Å². The Morgan fingerprint density at radius 2 is 1.75 bits per heavy atom. The zero-order valence-corrected chi connectivity index (χ0v) is 13.5. The third-order valence-electron chi connectivity index (χ3n) is 4.03. The molecule has 3 heteroatoms. The molecule has 0 bridgehead atoms. The third-order valence-corrected chi connectivity index (χ3v) is 4.03. The Kier molecular flexibility index (Phi) is 5.35. The van der Waals surface area contributed by atoms with Crippen molar-refractivity contribution in [3.05, 3.63) is 35.4 Å². The Balaban J connectivity index is 2.92. The van der Waals surface area contributed by atoms with Gasteiger partial charge in [-0.15, -0.1) is 0 Å². The molecule has 0 fully saturated rings. The number of hydrogen-bond acceptors (Lipinski definition) is 2. The Morgan fingerprint density at radius 1 is 1.25 bits per heavy atom. The summed E-state index contributed by atoms with van der Waals surface area (Å²) in [5.41, 5.74) is 2.59. The largest absolute Gasteiger partial charge is 0.480 e. The SMILES string of the molecule is CCC(C(=O)O)N(C)C(C)c1ccc(C(C)(C)C)cc1. The highest BCUT2D eigenvalue weighted by Crippen LogP contribution is 2.26. The van der Waals surface area contributed by atoms with Gasteiger partial charge in [-0.1, -0.05) is 52.0 Å². The number of aliphatic carboxylic acids is 1. The van der Waals surface area contributed by atoms with Gasteiger partial charge in [-0.25, -0.2) is 0 Å². The van der Waals surface area contributed by atoms with E-state index in [4.69, 9.17) is 0 Å². The number of carboxylic acids is 1. The summed E-state index contributed by atoms with van der Waals surface area (Å²) in [6.45, 7) is 10.5. The molecule has 0 saturated heterocycles. The summed E-state index contributed by atoms with van der Waals surface area (Å²) in [6, 6.07) is 8.15. The number of carboxylic acid groups (broad SMARTS) is 1. The molecule has 1 aromatic rings. The van der Waals surface area contributed by atoms with E-state index >= 15 is 0 Å². The standard InChI is InChI=1S/C17H27NO2/c1-7-15(16(19)20)18(6)12(2)13-8-10-14(11-9-13)17(3,4)5/h8-12,15H,7H2,1-6H3,(H,19,20). The Hall–Kier alpha value is -1.35. The minimum atomic E-state index is -0.756. The van der Waals surface area contributed by atoms with Gasteiger partial charge >= 0.3 is 5.97 Å². The van der Waals surface area contributed by atoms with Crippen LogP contribution in [0.15, 0.2) is 24.3 Å². The van der Waals surface area contributed by atoms with Crippen LogP contribution in [0.4, 0.5) is 0 Å². The molecule has 0 aliphatic carbocycles. The van der Waals surface area contributed by atoms with E-state index in [0.717, 1.165) is 5.56 Å². The zero-order chi connectivity index (χ0) is 15.5. The normalized spacial score (nSPS) is 15.2. The lowest BCUT2D eigenvalue weighted by Crippen LogP contribution is -2.39. The van der Waals surface area contributed by atoms with Crippen LogP contribution in [-0.2, 0) is 10.2 Å². The second-order valence-electron chi connectivity index (χ2n) is 6.48. The summed E-state index contributed by atoms with van der Waals surface area (Å²) in [7, 11) is 1.88. The van der Waals surface area contributed by atoms with Crippen molar-refractivity contribution < 1.29 is 9.90 Å². The first-order chi connectivity index (χ1) is 9.18. The zero-order valence-electron chi connectivity index (χ0n) is 13.5. The molecule has 3 nitrogen and oxygen atoms in total. The van der Waals surface area contributed by atoms with Gasteiger partial charge in [0.2, 0.25) is 0 Å². The predicted octanol–water partition coefficient (Wildman–Crippen LogP) is 3.84. The minimum Gasteiger partial charge on any atom is -0.480 e. The molecule has 0 aromatic heterocycles. The van der Waals surface area contributed by atoms with Crippen LogP contribution >= 0.6 is 0 Å². The number of hydrogen-bond donors (Lipinski definition) is 1. The lowest BCUT2D eigenvalue weighted by atomic mass is 9.86. The van der Waals surface area contributed by atoms with Crippen molar-refractivity contribution >= 4 is 5.97 Å². The maximum atomic E-state index is 11.3. The fourth-order valence-electron chi connectivity index (χ4n) is 2.40. The van der Waals surface area contributed by atoms with Crippen LogP contribution in [0.2, 0.25) is 0 Å². The highest BCUT2D eigenvalue weighted by molar-refractivity contribution is 5.73. The monoisotopic (exact) mass is 277 g/mol. The van der Waals surface area contributed by atoms with Crippen LogP contribution in [0, 0.1) is 0 Å². The van der Waals surface area contributed by atoms with Crippen molar-refractivity contribution in [2.24, 2.45) is 0 Å². The van der Waals surface area contributed by atoms with E-state index in [-0.39, 0.29) is 11.5 Å². The van der Waals surface area contributed by atoms with Crippen LogP contribution in [-0.4, -0.2) is 29.1 Å². The van der Waals surface area contributed by atoms with Crippen LogP contribution in [0.3, 0.4) is 0 Å². The molecule has 112 valence electrons. The third kappa shape index (κ3) is 3.83. The van der Waals surface area contributed by atoms with Gasteiger partial charge < -0.3 is 5.11 Å². The summed E-state index contributed by atoms with van der Waals surface area (Å²) in [4.78, 5) is 13.2. The van der Waals surface area contributed by atoms with Crippen molar-refractivity contribution in [2.75, 3.05) is 7.05 Å². The van der Waals surface area contributed by atoms with Gasteiger partial charge in [-0.2, -0.15) is 0 Å². The minimum absolute atomic E-state index is 0.0880. The lowest BCUT2D eigenvalue weighted by molar-refractivity contribution is -0.143. The second-order valence-corrected chi connectivity index (χ2v) is 6.48. The van der Waals surface area contributed by atoms with E-state index in [1.165, 1.54) is 5.56 Å². The van der Waals surface area contributed by atoms with Gasteiger partial charge in [0.25, 0.3) is 0 Å². The highest BCUT2D eigenvalue weighted by Gasteiger charge is 2.25. The second kappa shape index (κ2) is 6.40. The number of nitrogens with zero attached hydrogens (tertiary/aromatic N) is 1. The van der Waals surface area contributed by atoms with Crippen LogP contribution in [0.5, 0.6) is 0 Å². The molecule has 1 aromatic carbocycles. The molecule has 2 atom stereocenters. The molecule has 1 N–H and O–H groups in total. The first-order valence-electron chi connectivity index (χ1n) is 7.23. The predicted molar refractivity (Wildman–Crippen MR) is 83.0 cm³/mol. The van der Waals surface area contributed by atoms with E-state index in [0.29, 0.717) is 6.42 Å². The molecule has 2 unspecified atom stereocenters. The molecule has 1 rings (SSSR count). The van der Waals surface area contributed by atoms with Crippen LogP contribution < -0.4 is 0 Å². The van der Waals surface area contributed by atoms with Crippen molar-refractivity contribution in [3.63, 3.8) is 0 Å². The summed E-state index contributed by atoms with van der Waals surface area (Å²) in [5.74, 6) is -0.756. The van der Waals surface area contributed by atoms with Crippen LogP contribution in [0.1, 0.15) is 58.2 Å². The summed E-state index contributed by atoms with van der Waals surface area (Å²) < 4.78 is 0. The molecular weight excluding hydrogens is 250 g/mol. The molecule has 0 saturated carbocycles. The lowest BCUT2D eigenvalue weighted by Gasteiger charge is -2.30. The summed E-state index contributed by atoms with van der Waals surface area (Å²) >= 11 is 0. The smallest absolute Gasteiger partial charge is 0.320 e. The maximum absolute atomic E-state index is 11.3. The molecule has 0 aliphatic rings. The van der Waals surface area contributed by atoms with Gasteiger partial charge in [0.05, 0.1) is 0 Å². The van der Waals surface area contributed by atoms with E-state index in [9.17, 15) is 9.90 Å². The van der Waals surface area contributed by atoms with Gasteiger partial charge in [0.15, 0.2) is 0 Å². The fraction of sp³-hybridized carbons (Fsp3) is 0.588. The molecule has 0 heterocycles. The molecule has 20 heavy (non-hydrogen) atoms. The number of carbonyl (C=O) groups is 1. The highest BCUT2D eigenvalue weighted by atomic mass is 16.4. The summed E-state index contributed by atoms with van der Waals surface area (Å²) in [6.07, 6.45) is 0.607. The van der Waals surface area contributed by atoms with Gasteiger partial charge in [0.1, 0.15) is 6.04 Å². The van der Waals surface area contributed by atoms with Crippen molar-refractivity contribution in [3.8, 4) is 0 Å². The molecule has 0 aliphatic heterocycles. The van der Waals surface area contributed by atoms with Crippen molar-refractivity contribution in [1.82, 2.24) is 4.90 Å². The molecule has 0 spiro atoms. The number of likely N-dealkylation sites (N-methyl/N-ethyl adjacent to an activating group) is 1. The van der Waals surface area contributed by atoms with Crippen molar-refractivity contribution in [1.29, 1.82) is 0 Å². The molecule has 0 amide bonds. The molecular formula is C17H27NO2. The van der Waals surface area contributed by atoms with Gasteiger partial charge in [-0.3, -0.25) is 9.69 Å². The molecule has 0 radical (unpaired) electrons. The van der Waals surface area contributed by atoms with E-state index < -0.39 is 12.0 Å². The summed E-state index contributed by atoms with van der Waals surface area (Å²) in [5, 5.41) is 9.25. The first-order valence-corrected chi connectivity index (χ1v) is 7.23. The average molecular weight is 277 g/mol. The first kappa shape index (κ1) is 16.7. The number of rotatable bonds is 5. The Labute approximate surface area is 122 Å². The van der Waals surface area contributed by atoms with E-state index in [1.54, 1.807) is 0 Å². The van der Waals surface area contributed by atoms with Crippen LogP contribution in [0.25, 0.3) is 0 Å². The number of benzene rings is 1. The van der Waals surface area contributed by atoms with E-state index in [2.05, 4.69) is 52.0 Å². The van der Waals surface area contributed by atoms with E-state index in [1.807, 2.05) is 18.9 Å². The Morgan fingerprint density at radius 3 is 2.10 bits per heavy atom. The Bertz CT molecular complexity index is 445. The van der Waals surface area contributed by atoms with Gasteiger partial charge in [0, 0.05) is 6.04 Å². The quantitative estimate of drug-likeness (QED) is 0.889. The topological polar surface area (TPSA) is 40.5 Å². The fourth-order valence-corrected chi connectivity index (χ4v) is 2.40.